The van der Waals surface area contributed by atoms with Crippen LogP contribution in [0.25, 0.3) is 12.2 Å². The first-order valence-corrected chi connectivity index (χ1v) is 9.03. The molecule has 0 radical (unpaired) electrons. The third kappa shape index (κ3) is 2.45. The maximum atomic E-state index is 6.16. The fourth-order valence-corrected chi connectivity index (χ4v) is 5.02. The molecule has 0 aliphatic carbocycles. The van der Waals surface area contributed by atoms with Gasteiger partial charge in [-0.1, -0.05) is 37.4 Å². The van der Waals surface area contributed by atoms with Gasteiger partial charge in [-0.05, 0) is 65.7 Å². The number of benzene rings is 3. The SMILES string of the molecule is C=Cc1ccc([S+]2c3ccccc3Oc3cc(C=C)ccc32)cc1. The second-order valence-electron chi connectivity index (χ2n) is 5.54. The van der Waals surface area contributed by atoms with E-state index in [9.17, 15) is 0 Å². The predicted octanol–water partition coefficient (Wildman–Crippen LogP) is 6.17. The lowest BCUT2D eigenvalue weighted by atomic mass is 10.2. The van der Waals surface area contributed by atoms with E-state index in [1.54, 1.807) is 0 Å². The van der Waals surface area contributed by atoms with Crippen LogP contribution >= 0.6 is 0 Å². The van der Waals surface area contributed by atoms with Crippen molar-refractivity contribution in [3.8, 4) is 11.5 Å². The van der Waals surface area contributed by atoms with Crippen LogP contribution in [0.1, 0.15) is 11.1 Å². The molecule has 116 valence electrons. The van der Waals surface area contributed by atoms with E-state index < -0.39 is 0 Å². The van der Waals surface area contributed by atoms with Crippen molar-refractivity contribution in [1.82, 2.24) is 0 Å². The number of ether oxygens (including phenoxy) is 1. The maximum Gasteiger partial charge on any atom is 0.209 e. The molecule has 0 amide bonds. The first-order valence-electron chi connectivity index (χ1n) is 7.80. The first kappa shape index (κ1) is 14.9. The summed E-state index contributed by atoms with van der Waals surface area (Å²) in [5.41, 5.74) is 2.20. The molecular formula is C22H17OS+. The van der Waals surface area contributed by atoms with Crippen molar-refractivity contribution < 1.29 is 4.74 Å². The van der Waals surface area contributed by atoms with E-state index in [1.807, 2.05) is 24.3 Å². The Bertz CT molecular complexity index is 925. The molecule has 3 aromatic rings. The molecule has 0 fully saturated rings. The van der Waals surface area contributed by atoms with Crippen molar-refractivity contribution >= 4 is 23.0 Å². The smallest absolute Gasteiger partial charge is 0.209 e. The van der Waals surface area contributed by atoms with Gasteiger partial charge in [0.25, 0.3) is 0 Å². The molecule has 1 aliphatic heterocycles. The zero-order valence-electron chi connectivity index (χ0n) is 13.2. The van der Waals surface area contributed by atoms with E-state index in [1.165, 1.54) is 14.7 Å². The summed E-state index contributed by atoms with van der Waals surface area (Å²) in [5.74, 6) is 1.85. The van der Waals surface area contributed by atoms with Gasteiger partial charge in [-0.25, -0.2) is 0 Å². The number of rotatable bonds is 3. The summed E-state index contributed by atoms with van der Waals surface area (Å²) in [5, 5.41) is 0. The Balaban J connectivity index is 1.91. The summed E-state index contributed by atoms with van der Waals surface area (Å²) in [6, 6.07) is 23.2. The van der Waals surface area contributed by atoms with Crippen LogP contribution in [0.4, 0.5) is 0 Å². The average Bonchev–Trinajstić information content (AvgIpc) is 2.65. The lowest BCUT2D eigenvalue weighted by Crippen LogP contribution is -2.12. The highest BCUT2D eigenvalue weighted by Crippen LogP contribution is 2.47. The molecular weight excluding hydrogens is 312 g/mol. The quantitative estimate of drug-likeness (QED) is 0.408. The second kappa shape index (κ2) is 6.06. The van der Waals surface area contributed by atoms with Crippen LogP contribution < -0.4 is 4.74 Å². The minimum atomic E-state index is -0.172. The molecule has 0 saturated heterocycles. The van der Waals surface area contributed by atoms with E-state index in [0.717, 1.165) is 22.6 Å². The lowest BCUT2D eigenvalue weighted by molar-refractivity contribution is 0.453. The Hall–Kier alpha value is -2.71. The average molecular weight is 329 g/mol. The van der Waals surface area contributed by atoms with Crippen molar-refractivity contribution in [2.24, 2.45) is 0 Å². The topological polar surface area (TPSA) is 9.23 Å². The third-order valence-electron chi connectivity index (χ3n) is 4.06. The Morgan fingerprint density at radius 2 is 1.38 bits per heavy atom. The van der Waals surface area contributed by atoms with Gasteiger partial charge in [-0.3, -0.25) is 0 Å². The van der Waals surface area contributed by atoms with Crippen LogP contribution in [0.2, 0.25) is 0 Å². The van der Waals surface area contributed by atoms with Gasteiger partial charge >= 0.3 is 0 Å². The lowest BCUT2D eigenvalue weighted by Gasteiger charge is -2.20. The minimum Gasteiger partial charge on any atom is -0.447 e. The first-order chi connectivity index (χ1) is 11.8. The Labute approximate surface area is 145 Å². The molecule has 4 rings (SSSR count). The molecule has 0 aromatic heterocycles. The van der Waals surface area contributed by atoms with Crippen molar-refractivity contribution in [1.29, 1.82) is 0 Å². The van der Waals surface area contributed by atoms with Gasteiger partial charge in [0, 0.05) is 0 Å². The summed E-state index contributed by atoms with van der Waals surface area (Å²) in [7, 11) is -0.172. The maximum absolute atomic E-state index is 6.16. The van der Waals surface area contributed by atoms with E-state index >= 15 is 0 Å². The molecule has 1 nitrogen and oxygen atoms in total. The molecule has 24 heavy (non-hydrogen) atoms. The molecule has 0 spiro atoms. The monoisotopic (exact) mass is 329 g/mol. The molecule has 3 aromatic carbocycles. The third-order valence-corrected chi connectivity index (χ3v) is 6.36. The summed E-state index contributed by atoms with van der Waals surface area (Å²) in [6.07, 6.45) is 3.72. The van der Waals surface area contributed by atoms with Crippen molar-refractivity contribution in [3.05, 3.63) is 91.0 Å². The molecule has 0 N–H and O–H groups in total. The summed E-state index contributed by atoms with van der Waals surface area (Å²) in [4.78, 5) is 3.72. The number of para-hydroxylation sites is 1. The van der Waals surface area contributed by atoms with Gasteiger partial charge in [-0.2, -0.15) is 0 Å². The van der Waals surface area contributed by atoms with Crippen molar-refractivity contribution in [2.75, 3.05) is 0 Å². The van der Waals surface area contributed by atoms with E-state index in [4.69, 9.17) is 4.74 Å². The van der Waals surface area contributed by atoms with Gasteiger partial charge in [0.15, 0.2) is 16.4 Å². The Morgan fingerprint density at radius 3 is 2.12 bits per heavy atom. The molecule has 1 atom stereocenters. The number of hydrogen-bond donors (Lipinski definition) is 0. The molecule has 1 heterocycles. The van der Waals surface area contributed by atoms with Gasteiger partial charge < -0.3 is 4.74 Å². The van der Waals surface area contributed by atoms with Crippen LogP contribution in [0.15, 0.2) is 94.6 Å². The largest absolute Gasteiger partial charge is 0.447 e. The van der Waals surface area contributed by atoms with Crippen molar-refractivity contribution in [2.45, 2.75) is 14.7 Å². The van der Waals surface area contributed by atoms with E-state index in [0.29, 0.717) is 0 Å². The predicted molar refractivity (Wildman–Crippen MR) is 102 cm³/mol. The fourth-order valence-electron chi connectivity index (χ4n) is 2.83. The second-order valence-corrected chi connectivity index (χ2v) is 7.50. The normalized spacial score (nSPS) is 14.9. The molecule has 1 unspecified atom stereocenters. The highest BCUT2D eigenvalue weighted by molar-refractivity contribution is 7.97. The standard InChI is InChI=1S/C22H17OS/c1-3-16-9-12-18(13-10-16)24-21-8-6-5-7-19(21)23-20-15-17(4-2)11-14-22(20)24/h3-15H,1-2H2/q+1. The zero-order chi connectivity index (χ0) is 16.5. The highest BCUT2D eigenvalue weighted by Gasteiger charge is 2.39. The van der Waals surface area contributed by atoms with Crippen molar-refractivity contribution in [3.63, 3.8) is 0 Å². The van der Waals surface area contributed by atoms with E-state index in [2.05, 4.69) is 67.8 Å². The number of fused-ring (bicyclic) bond motifs is 2. The van der Waals surface area contributed by atoms with Gasteiger partial charge in [0.2, 0.25) is 9.79 Å². The van der Waals surface area contributed by atoms with Gasteiger partial charge in [0.1, 0.15) is 10.9 Å². The zero-order valence-corrected chi connectivity index (χ0v) is 14.1. The molecule has 2 heteroatoms. The van der Waals surface area contributed by atoms with Crippen LogP contribution in [-0.4, -0.2) is 0 Å². The van der Waals surface area contributed by atoms with Crippen LogP contribution in [0.5, 0.6) is 11.5 Å². The van der Waals surface area contributed by atoms with Gasteiger partial charge in [-0.15, -0.1) is 0 Å². The van der Waals surface area contributed by atoms with Crippen LogP contribution in [-0.2, 0) is 10.9 Å². The van der Waals surface area contributed by atoms with Crippen LogP contribution in [0, 0.1) is 0 Å². The Kier molecular flexibility index (Phi) is 3.75. The molecule has 1 aliphatic rings. The Morgan fingerprint density at radius 1 is 0.708 bits per heavy atom. The van der Waals surface area contributed by atoms with E-state index in [-0.39, 0.29) is 10.9 Å². The minimum absolute atomic E-state index is 0.172. The summed E-state index contributed by atoms with van der Waals surface area (Å²) < 4.78 is 6.16. The summed E-state index contributed by atoms with van der Waals surface area (Å²) >= 11 is 0. The van der Waals surface area contributed by atoms with Gasteiger partial charge in [0.05, 0.1) is 0 Å². The fraction of sp³-hybridized carbons (Fsp3) is 0. The molecule has 0 saturated carbocycles. The number of hydrogen-bond acceptors (Lipinski definition) is 1. The van der Waals surface area contributed by atoms with Crippen LogP contribution in [0.3, 0.4) is 0 Å². The highest BCUT2D eigenvalue weighted by atomic mass is 32.2. The molecule has 0 bridgehead atoms. The summed E-state index contributed by atoms with van der Waals surface area (Å²) in [6.45, 7) is 7.69.